The van der Waals surface area contributed by atoms with Crippen molar-refractivity contribution in [3.05, 3.63) is 77.6 Å². The third-order valence-corrected chi connectivity index (χ3v) is 6.26. The number of hydrogen-bond acceptors (Lipinski definition) is 3. The molecule has 0 unspecified atom stereocenters. The summed E-state index contributed by atoms with van der Waals surface area (Å²) in [4.78, 5) is 12.7. The van der Waals surface area contributed by atoms with E-state index in [9.17, 15) is 13.2 Å². The molecular formula is C21H22N2O3S. The molecule has 0 saturated heterocycles. The quantitative estimate of drug-likeness (QED) is 0.721. The summed E-state index contributed by atoms with van der Waals surface area (Å²) in [5.41, 5.74) is 4.35. The fourth-order valence-corrected chi connectivity index (χ4v) is 3.84. The monoisotopic (exact) mass is 382 g/mol. The van der Waals surface area contributed by atoms with Crippen molar-refractivity contribution < 1.29 is 13.2 Å². The van der Waals surface area contributed by atoms with Crippen molar-refractivity contribution in [2.75, 3.05) is 11.1 Å². The van der Waals surface area contributed by atoms with Gasteiger partial charge in [0.15, 0.2) is 9.84 Å². The topological polar surface area (TPSA) is 68.2 Å². The Morgan fingerprint density at radius 2 is 1.44 bits per heavy atom. The highest BCUT2D eigenvalue weighted by atomic mass is 32.2. The second kappa shape index (κ2) is 7.40. The van der Waals surface area contributed by atoms with Crippen LogP contribution in [-0.4, -0.2) is 24.6 Å². The van der Waals surface area contributed by atoms with Crippen molar-refractivity contribution in [1.82, 2.24) is 4.57 Å². The fraction of sp³-hybridized carbons (Fsp3) is 0.190. The van der Waals surface area contributed by atoms with Crippen LogP contribution in [0.4, 0.5) is 5.69 Å². The Bertz CT molecular complexity index is 1040. The second-order valence-corrected chi connectivity index (χ2v) is 8.66. The number of sulfone groups is 1. The molecule has 0 fully saturated rings. The number of nitrogens with zero attached hydrogens (tertiary/aromatic N) is 1. The largest absolute Gasteiger partial charge is 0.322 e. The third kappa shape index (κ3) is 3.95. The normalized spacial score (nSPS) is 11.4. The van der Waals surface area contributed by atoms with E-state index in [2.05, 4.69) is 22.0 Å². The lowest BCUT2D eigenvalue weighted by molar-refractivity contribution is 0.102. The SMILES string of the molecule is CCS(=O)(=O)c1ccc(NC(=O)c2ccc(-n3c(C)ccc3C)cc2)cc1. The van der Waals surface area contributed by atoms with Crippen molar-refractivity contribution in [2.24, 2.45) is 0 Å². The molecule has 0 bridgehead atoms. The van der Waals surface area contributed by atoms with E-state index >= 15 is 0 Å². The van der Waals surface area contributed by atoms with Crippen LogP contribution in [0.2, 0.25) is 0 Å². The molecule has 0 spiro atoms. The van der Waals surface area contributed by atoms with Gasteiger partial charge in [-0.15, -0.1) is 0 Å². The van der Waals surface area contributed by atoms with Gasteiger partial charge in [-0.05, 0) is 74.5 Å². The van der Waals surface area contributed by atoms with Crippen LogP contribution >= 0.6 is 0 Å². The minimum absolute atomic E-state index is 0.0470. The van der Waals surface area contributed by atoms with Gasteiger partial charge in [0.05, 0.1) is 10.6 Å². The summed E-state index contributed by atoms with van der Waals surface area (Å²) in [6.07, 6.45) is 0. The van der Waals surface area contributed by atoms with E-state index in [1.165, 1.54) is 12.1 Å². The lowest BCUT2D eigenvalue weighted by atomic mass is 10.2. The van der Waals surface area contributed by atoms with Gasteiger partial charge in [-0.3, -0.25) is 4.79 Å². The number of hydrogen-bond donors (Lipinski definition) is 1. The minimum Gasteiger partial charge on any atom is -0.322 e. The Labute approximate surface area is 159 Å². The van der Waals surface area contributed by atoms with Crippen LogP contribution in [0.5, 0.6) is 0 Å². The molecule has 3 aromatic rings. The van der Waals surface area contributed by atoms with Gasteiger partial charge in [0.1, 0.15) is 0 Å². The van der Waals surface area contributed by atoms with E-state index in [0.717, 1.165) is 17.1 Å². The van der Waals surface area contributed by atoms with E-state index in [0.29, 0.717) is 11.3 Å². The summed E-state index contributed by atoms with van der Waals surface area (Å²) in [5.74, 6) is -0.195. The van der Waals surface area contributed by atoms with E-state index in [-0.39, 0.29) is 16.6 Å². The van der Waals surface area contributed by atoms with Gasteiger partial charge in [0.25, 0.3) is 5.91 Å². The van der Waals surface area contributed by atoms with Gasteiger partial charge in [0, 0.05) is 28.3 Å². The maximum atomic E-state index is 12.4. The van der Waals surface area contributed by atoms with Crippen LogP contribution < -0.4 is 5.32 Å². The number of anilines is 1. The molecule has 0 aliphatic heterocycles. The van der Waals surface area contributed by atoms with Crippen molar-refractivity contribution in [1.29, 1.82) is 0 Å². The zero-order valence-electron chi connectivity index (χ0n) is 15.6. The van der Waals surface area contributed by atoms with Crippen molar-refractivity contribution in [3.63, 3.8) is 0 Å². The maximum absolute atomic E-state index is 12.4. The first kappa shape index (κ1) is 18.9. The molecule has 0 aliphatic carbocycles. The summed E-state index contributed by atoms with van der Waals surface area (Å²) in [5, 5.41) is 2.79. The second-order valence-electron chi connectivity index (χ2n) is 6.38. The van der Waals surface area contributed by atoms with Gasteiger partial charge in [0.2, 0.25) is 0 Å². The molecule has 1 N–H and O–H groups in total. The predicted octanol–water partition coefficient (Wildman–Crippen LogP) is 4.14. The number of aromatic nitrogens is 1. The molecule has 1 aromatic heterocycles. The number of benzene rings is 2. The molecule has 0 radical (unpaired) electrons. The number of aryl methyl sites for hydroxylation is 2. The Morgan fingerprint density at radius 3 is 1.96 bits per heavy atom. The lowest BCUT2D eigenvalue weighted by Gasteiger charge is -2.11. The van der Waals surface area contributed by atoms with Crippen LogP contribution in [0.15, 0.2) is 65.6 Å². The maximum Gasteiger partial charge on any atom is 0.255 e. The molecule has 0 atom stereocenters. The first-order chi connectivity index (χ1) is 12.8. The Balaban J connectivity index is 1.75. The summed E-state index contributed by atoms with van der Waals surface area (Å²) >= 11 is 0. The summed E-state index contributed by atoms with van der Waals surface area (Å²) in [6, 6.07) is 17.7. The van der Waals surface area contributed by atoms with E-state index < -0.39 is 9.84 Å². The molecule has 27 heavy (non-hydrogen) atoms. The number of nitrogens with one attached hydrogen (secondary N) is 1. The van der Waals surface area contributed by atoms with E-state index in [1.807, 2.05) is 26.0 Å². The first-order valence-corrected chi connectivity index (χ1v) is 10.4. The van der Waals surface area contributed by atoms with E-state index in [4.69, 9.17) is 0 Å². The van der Waals surface area contributed by atoms with Gasteiger partial charge >= 0.3 is 0 Å². The highest BCUT2D eigenvalue weighted by Crippen LogP contribution is 2.19. The molecule has 0 aliphatic rings. The molecule has 2 aromatic carbocycles. The average molecular weight is 382 g/mol. The Hall–Kier alpha value is -2.86. The van der Waals surface area contributed by atoms with Gasteiger partial charge < -0.3 is 9.88 Å². The average Bonchev–Trinajstić information content (AvgIpc) is 3.00. The molecule has 5 nitrogen and oxygen atoms in total. The Morgan fingerprint density at radius 1 is 0.889 bits per heavy atom. The molecule has 3 rings (SSSR count). The third-order valence-electron chi connectivity index (χ3n) is 4.51. The molecule has 1 heterocycles. The summed E-state index contributed by atoms with van der Waals surface area (Å²) < 4.78 is 25.8. The molecule has 140 valence electrons. The van der Waals surface area contributed by atoms with Gasteiger partial charge in [-0.1, -0.05) is 6.92 Å². The highest BCUT2D eigenvalue weighted by molar-refractivity contribution is 7.91. The number of carbonyl (C=O) groups excluding carboxylic acids is 1. The zero-order valence-corrected chi connectivity index (χ0v) is 16.4. The number of amides is 1. The summed E-state index contributed by atoms with van der Waals surface area (Å²) in [6.45, 7) is 5.68. The molecule has 0 saturated carbocycles. The van der Waals surface area contributed by atoms with Crippen LogP contribution in [0.1, 0.15) is 28.7 Å². The fourth-order valence-electron chi connectivity index (χ4n) is 2.95. The minimum atomic E-state index is -3.24. The van der Waals surface area contributed by atoms with Crippen LogP contribution in [0, 0.1) is 13.8 Å². The van der Waals surface area contributed by atoms with Crippen LogP contribution in [0.25, 0.3) is 5.69 Å². The standard InChI is InChI=1S/C21H22N2O3S/c1-4-27(25,26)20-13-9-18(10-14-20)22-21(24)17-7-11-19(12-8-17)23-15(2)5-6-16(23)3/h5-14H,4H2,1-3H3,(H,22,24). The van der Waals surface area contributed by atoms with Crippen molar-refractivity contribution in [2.45, 2.75) is 25.7 Å². The highest BCUT2D eigenvalue weighted by Gasteiger charge is 2.12. The van der Waals surface area contributed by atoms with Crippen molar-refractivity contribution >= 4 is 21.4 Å². The molecule has 6 heteroatoms. The van der Waals surface area contributed by atoms with E-state index in [1.54, 1.807) is 31.2 Å². The number of carbonyl (C=O) groups is 1. The number of rotatable bonds is 5. The zero-order chi connectivity index (χ0) is 19.6. The van der Waals surface area contributed by atoms with Crippen LogP contribution in [-0.2, 0) is 9.84 Å². The van der Waals surface area contributed by atoms with Crippen LogP contribution in [0.3, 0.4) is 0 Å². The smallest absolute Gasteiger partial charge is 0.255 e. The Kier molecular flexibility index (Phi) is 5.19. The van der Waals surface area contributed by atoms with Crippen molar-refractivity contribution in [3.8, 4) is 5.69 Å². The summed E-state index contributed by atoms with van der Waals surface area (Å²) in [7, 11) is -3.24. The van der Waals surface area contributed by atoms with Gasteiger partial charge in [-0.2, -0.15) is 0 Å². The lowest BCUT2D eigenvalue weighted by Crippen LogP contribution is -2.12. The molecular weight excluding hydrogens is 360 g/mol. The first-order valence-electron chi connectivity index (χ1n) is 8.71. The molecule has 1 amide bonds. The van der Waals surface area contributed by atoms with Gasteiger partial charge in [-0.25, -0.2) is 8.42 Å². The predicted molar refractivity (Wildman–Crippen MR) is 107 cm³/mol.